The van der Waals surface area contributed by atoms with Crippen molar-refractivity contribution in [3.63, 3.8) is 0 Å². The summed E-state index contributed by atoms with van der Waals surface area (Å²) in [4.78, 5) is 0. The van der Waals surface area contributed by atoms with Crippen molar-refractivity contribution < 1.29 is 14.3 Å². The Morgan fingerprint density at radius 2 is 2.08 bits per heavy atom. The second-order valence-corrected chi connectivity index (χ2v) is 2.83. The van der Waals surface area contributed by atoms with Gasteiger partial charge in [0.2, 0.25) is 0 Å². The Labute approximate surface area is 68.2 Å². The van der Waals surface area contributed by atoms with Crippen LogP contribution in [0.5, 0.6) is 0 Å². The molecule has 0 saturated carbocycles. The van der Waals surface area contributed by atoms with Crippen LogP contribution in [0.2, 0.25) is 0 Å². The van der Waals surface area contributed by atoms with E-state index in [4.69, 9.17) is 14.3 Å². The maximum Gasteiger partial charge on any atom is 0.277 e. The maximum atomic E-state index is 9.09. The third-order valence-electron chi connectivity index (χ3n) is 2.13. The van der Waals surface area contributed by atoms with Crippen molar-refractivity contribution in [2.45, 2.75) is 6.61 Å². The molecule has 0 unspecified atom stereocenters. The van der Waals surface area contributed by atoms with Gasteiger partial charge in [0.25, 0.3) is 5.95 Å². The SMILES string of the molecule is OC1=Cc2c(c3ccc2o3)CO1. The van der Waals surface area contributed by atoms with E-state index in [9.17, 15) is 0 Å². The standard InChI is InChI=1S/C9H6O3/c10-9-3-5-6(4-11-9)8-2-1-7(5)12-8/h1-3,10H,4H2. The lowest BCUT2D eigenvalue weighted by molar-refractivity contribution is 0.0840. The first-order valence-corrected chi connectivity index (χ1v) is 3.72. The highest BCUT2D eigenvalue weighted by molar-refractivity contribution is 5.81. The molecular formula is C9H6O3. The highest BCUT2D eigenvalue weighted by atomic mass is 16.6. The Bertz CT molecular complexity index is 452. The lowest BCUT2D eigenvalue weighted by Gasteiger charge is -2.10. The summed E-state index contributed by atoms with van der Waals surface area (Å²) in [5, 5.41) is 9.09. The number of benzene rings is 1. The molecule has 0 radical (unpaired) electrons. The minimum Gasteiger partial charge on any atom is -0.481 e. The molecule has 1 aliphatic rings. The molecule has 2 bridgehead atoms. The Kier molecular flexibility index (Phi) is 0.864. The molecule has 0 saturated heterocycles. The lowest BCUT2D eigenvalue weighted by atomic mass is 10.1. The van der Waals surface area contributed by atoms with E-state index in [-0.39, 0.29) is 5.95 Å². The van der Waals surface area contributed by atoms with Gasteiger partial charge in [0.1, 0.15) is 17.8 Å². The molecule has 2 aromatic heterocycles. The quantitative estimate of drug-likeness (QED) is 0.646. The summed E-state index contributed by atoms with van der Waals surface area (Å²) in [6.07, 6.45) is 1.59. The number of furan rings is 2. The summed E-state index contributed by atoms with van der Waals surface area (Å²) >= 11 is 0. The van der Waals surface area contributed by atoms with E-state index in [1.165, 1.54) is 0 Å². The summed E-state index contributed by atoms with van der Waals surface area (Å²) in [7, 11) is 0. The van der Waals surface area contributed by atoms with Crippen LogP contribution in [0.3, 0.4) is 0 Å². The molecule has 3 heterocycles. The van der Waals surface area contributed by atoms with Crippen LogP contribution >= 0.6 is 0 Å². The van der Waals surface area contributed by atoms with Crippen LogP contribution in [-0.4, -0.2) is 5.11 Å². The van der Waals surface area contributed by atoms with Gasteiger partial charge in [-0.2, -0.15) is 0 Å². The van der Waals surface area contributed by atoms with Crippen LogP contribution in [0.25, 0.3) is 17.2 Å². The molecule has 0 amide bonds. The molecule has 2 aromatic rings. The first-order valence-electron chi connectivity index (χ1n) is 3.72. The summed E-state index contributed by atoms with van der Waals surface area (Å²) in [5.74, 6) is -0.0357. The highest BCUT2D eigenvalue weighted by Crippen LogP contribution is 2.33. The van der Waals surface area contributed by atoms with E-state index in [0.29, 0.717) is 6.61 Å². The van der Waals surface area contributed by atoms with E-state index in [2.05, 4.69) is 0 Å². The molecule has 1 aliphatic heterocycles. The van der Waals surface area contributed by atoms with Gasteiger partial charge < -0.3 is 14.3 Å². The molecular weight excluding hydrogens is 156 g/mol. The van der Waals surface area contributed by atoms with E-state index in [0.717, 1.165) is 22.3 Å². The van der Waals surface area contributed by atoms with Crippen LogP contribution in [0.4, 0.5) is 0 Å². The average Bonchev–Trinajstić information content (AvgIpc) is 2.63. The molecule has 3 nitrogen and oxygen atoms in total. The van der Waals surface area contributed by atoms with E-state index in [1.807, 2.05) is 12.1 Å². The van der Waals surface area contributed by atoms with E-state index < -0.39 is 0 Å². The monoisotopic (exact) mass is 162 g/mol. The zero-order valence-electron chi connectivity index (χ0n) is 6.20. The zero-order chi connectivity index (χ0) is 8.13. The number of hydrogen-bond acceptors (Lipinski definition) is 3. The van der Waals surface area contributed by atoms with Gasteiger partial charge in [-0.3, -0.25) is 0 Å². The fourth-order valence-corrected chi connectivity index (χ4v) is 1.54. The minimum absolute atomic E-state index is 0.0357. The van der Waals surface area contributed by atoms with Crippen molar-refractivity contribution in [3.8, 4) is 0 Å². The molecule has 1 N–H and O–H groups in total. The van der Waals surface area contributed by atoms with Crippen LogP contribution in [0.15, 0.2) is 22.5 Å². The number of aliphatic hydroxyl groups excluding tert-OH is 1. The molecule has 60 valence electrons. The molecule has 0 atom stereocenters. The van der Waals surface area contributed by atoms with Gasteiger partial charge in [-0.15, -0.1) is 0 Å². The van der Waals surface area contributed by atoms with Crippen molar-refractivity contribution in [2.75, 3.05) is 0 Å². The van der Waals surface area contributed by atoms with Gasteiger partial charge in [0.15, 0.2) is 0 Å². The highest BCUT2D eigenvalue weighted by Gasteiger charge is 2.20. The van der Waals surface area contributed by atoms with Gasteiger partial charge >= 0.3 is 0 Å². The summed E-state index contributed by atoms with van der Waals surface area (Å²) in [5.41, 5.74) is 3.65. The summed E-state index contributed by atoms with van der Waals surface area (Å²) in [6, 6.07) is 3.80. The van der Waals surface area contributed by atoms with Gasteiger partial charge in [-0.05, 0) is 12.1 Å². The molecule has 3 heteroatoms. The predicted molar refractivity (Wildman–Crippen MR) is 42.8 cm³/mol. The molecule has 3 rings (SSSR count). The van der Waals surface area contributed by atoms with Gasteiger partial charge in [-0.25, -0.2) is 0 Å². The third kappa shape index (κ3) is 0.563. The number of ether oxygens (including phenoxy) is 1. The van der Waals surface area contributed by atoms with E-state index in [1.54, 1.807) is 6.08 Å². The van der Waals surface area contributed by atoms with Crippen molar-refractivity contribution in [1.29, 1.82) is 0 Å². The van der Waals surface area contributed by atoms with Crippen LogP contribution < -0.4 is 0 Å². The zero-order valence-corrected chi connectivity index (χ0v) is 6.20. The third-order valence-corrected chi connectivity index (χ3v) is 2.13. The van der Waals surface area contributed by atoms with Gasteiger partial charge in [-0.1, -0.05) is 0 Å². The van der Waals surface area contributed by atoms with Gasteiger partial charge in [0.05, 0.1) is 0 Å². The first-order chi connectivity index (χ1) is 5.84. The fraction of sp³-hybridized carbons (Fsp3) is 0.111. The topological polar surface area (TPSA) is 42.6 Å². The molecule has 0 aromatic carbocycles. The van der Waals surface area contributed by atoms with Crippen molar-refractivity contribution in [3.05, 3.63) is 29.2 Å². The van der Waals surface area contributed by atoms with Gasteiger partial charge in [0, 0.05) is 17.2 Å². The number of rotatable bonds is 0. The number of fused-ring (bicyclic) bond motifs is 5. The fourth-order valence-electron chi connectivity index (χ4n) is 1.54. The molecule has 0 aliphatic carbocycles. The van der Waals surface area contributed by atoms with Crippen LogP contribution in [0.1, 0.15) is 11.1 Å². The second-order valence-electron chi connectivity index (χ2n) is 2.83. The normalized spacial score (nSPS) is 15.8. The smallest absolute Gasteiger partial charge is 0.277 e. The first kappa shape index (κ1) is 5.94. The average molecular weight is 162 g/mol. The van der Waals surface area contributed by atoms with Crippen LogP contribution in [0, 0.1) is 0 Å². The Morgan fingerprint density at radius 1 is 1.25 bits per heavy atom. The number of hydrogen-bond donors (Lipinski definition) is 1. The number of aliphatic hydroxyl groups is 1. The molecule has 0 spiro atoms. The van der Waals surface area contributed by atoms with Crippen molar-refractivity contribution in [1.82, 2.24) is 0 Å². The molecule has 0 fully saturated rings. The largest absolute Gasteiger partial charge is 0.481 e. The summed E-state index contributed by atoms with van der Waals surface area (Å²) in [6.45, 7) is 0.404. The van der Waals surface area contributed by atoms with Crippen molar-refractivity contribution in [2.24, 2.45) is 0 Å². The van der Waals surface area contributed by atoms with E-state index >= 15 is 0 Å². The Balaban J connectivity index is 2.38. The molecule has 12 heavy (non-hydrogen) atoms. The predicted octanol–water partition coefficient (Wildman–Crippen LogP) is 2.26. The summed E-state index contributed by atoms with van der Waals surface area (Å²) < 4.78 is 10.3. The van der Waals surface area contributed by atoms with Crippen LogP contribution in [-0.2, 0) is 11.3 Å². The van der Waals surface area contributed by atoms with Crippen molar-refractivity contribution >= 4 is 17.2 Å². The maximum absolute atomic E-state index is 9.09. The second kappa shape index (κ2) is 1.75. The Morgan fingerprint density at radius 3 is 3.00 bits per heavy atom. The Hall–Kier alpha value is -1.64. The lowest BCUT2D eigenvalue weighted by Crippen LogP contribution is -1.99. The minimum atomic E-state index is -0.0357.